The highest BCUT2D eigenvalue weighted by atomic mass is 19.1. The zero-order chi connectivity index (χ0) is 22.6. The fraction of sp³-hybridized carbons (Fsp3) is 0.375. The van der Waals surface area contributed by atoms with Crippen LogP contribution in [0, 0.1) is 25.6 Å². The summed E-state index contributed by atoms with van der Waals surface area (Å²) in [6, 6.07) is 4.14. The number of hydrogen-bond donors (Lipinski definition) is 3. The molecule has 2 aliphatic heterocycles. The summed E-state index contributed by atoms with van der Waals surface area (Å²) in [5, 5.41) is 5.81. The molecule has 0 bridgehead atoms. The Kier molecular flexibility index (Phi) is 4.87. The Labute approximate surface area is 185 Å². The standard InChI is InChI=1S/C24H25FN4O3/c1-12-20(11-18-17-10-15(25)4-6-19(17)28-22(18)30)26-13(2)21(12)23(31)27-16-5-3-14(9-16)24(32)29-7-8-29/h4,6,10-11,14,16,26H,3,5,7-9H2,1-2H3,(H,27,31)(H,28,30)/t14-,16+/m0/s1. The van der Waals surface area contributed by atoms with Crippen LogP contribution >= 0.6 is 0 Å². The number of benzene rings is 1. The monoisotopic (exact) mass is 436 g/mol. The number of halogens is 1. The van der Waals surface area contributed by atoms with Crippen LogP contribution in [0.1, 0.15) is 52.1 Å². The molecule has 7 nitrogen and oxygen atoms in total. The Morgan fingerprint density at radius 1 is 1.22 bits per heavy atom. The first-order valence-electron chi connectivity index (χ1n) is 10.9. The van der Waals surface area contributed by atoms with E-state index in [9.17, 15) is 18.8 Å². The van der Waals surface area contributed by atoms with Crippen molar-refractivity contribution in [3.63, 3.8) is 0 Å². The first kappa shape index (κ1) is 20.5. The lowest BCUT2D eigenvalue weighted by atomic mass is 10.0. The molecule has 3 heterocycles. The third-order valence-corrected chi connectivity index (χ3v) is 6.63. The van der Waals surface area contributed by atoms with Crippen molar-refractivity contribution in [1.29, 1.82) is 0 Å². The van der Waals surface area contributed by atoms with Gasteiger partial charge in [0.15, 0.2) is 0 Å². The average molecular weight is 436 g/mol. The van der Waals surface area contributed by atoms with Gasteiger partial charge in [-0.1, -0.05) is 0 Å². The van der Waals surface area contributed by atoms with Crippen LogP contribution in [0.3, 0.4) is 0 Å². The smallest absolute Gasteiger partial charge is 0.256 e. The number of carbonyl (C=O) groups is 3. The summed E-state index contributed by atoms with van der Waals surface area (Å²) in [6.07, 6.45) is 3.92. The van der Waals surface area contributed by atoms with Crippen molar-refractivity contribution in [2.45, 2.75) is 39.2 Å². The highest BCUT2D eigenvalue weighted by Gasteiger charge is 2.37. The Morgan fingerprint density at radius 3 is 2.75 bits per heavy atom. The number of fused-ring (bicyclic) bond motifs is 1. The quantitative estimate of drug-likeness (QED) is 0.508. The minimum Gasteiger partial charge on any atom is -0.358 e. The van der Waals surface area contributed by atoms with Crippen molar-refractivity contribution in [2.24, 2.45) is 5.92 Å². The molecule has 5 rings (SSSR count). The van der Waals surface area contributed by atoms with Gasteiger partial charge < -0.3 is 20.5 Å². The number of nitrogens with zero attached hydrogens (tertiary/aromatic N) is 1. The lowest BCUT2D eigenvalue weighted by Crippen LogP contribution is -2.34. The van der Waals surface area contributed by atoms with Gasteiger partial charge >= 0.3 is 0 Å². The van der Waals surface area contributed by atoms with E-state index in [-0.39, 0.29) is 29.7 Å². The molecular weight excluding hydrogens is 411 g/mol. The number of rotatable bonds is 4. The van der Waals surface area contributed by atoms with Gasteiger partial charge in [0.1, 0.15) is 5.82 Å². The Hall–Kier alpha value is -3.42. The summed E-state index contributed by atoms with van der Waals surface area (Å²) in [5.41, 5.74) is 4.00. The maximum atomic E-state index is 13.7. The number of aryl methyl sites for hydroxylation is 1. The van der Waals surface area contributed by atoms with E-state index in [1.807, 2.05) is 18.7 Å². The Bertz CT molecular complexity index is 1180. The van der Waals surface area contributed by atoms with E-state index >= 15 is 0 Å². The molecule has 2 aromatic rings. The van der Waals surface area contributed by atoms with Crippen molar-refractivity contribution >= 4 is 35.1 Å². The molecule has 1 aromatic heterocycles. The third kappa shape index (κ3) is 3.59. The van der Waals surface area contributed by atoms with Crippen molar-refractivity contribution < 1.29 is 18.8 Å². The minimum absolute atomic E-state index is 0.00199. The van der Waals surface area contributed by atoms with Gasteiger partial charge in [0.05, 0.1) is 11.1 Å². The summed E-state index contributed by atoms with van der Waals surface area (Å²) in [6.45, 7) is 5.34. The lowest BCUT2D eigenvalue weighted by molar-refractivity contribution is -0.129. The Morgan fingerprint density at radius 2 is 2.00 bits per heavy atom. The third-order valence-electron chi connectivity index (χ3n) is 6.63. The van der Waals surface area contributed by atoms with Crippen LogP contribution < -0.4 is 10.6 Å². The lowest BCUT2D eigenvalue weighted by Gasteiger charge is -2.14. The van der Waals surface area contributed by atoms with Crippen molar-refractivity contribution in [3.05, 3.63) is 52.1 Å². The summed E-state index contributed by atoms with van der Waals surface area (Å²) in [4.78, 5) is 42.8. The van der Waals surface area contributed by atoms with Crippen LogP contribution in [0.4, 0.5) is 10.1 Å². The zero-order valence-electron chi connectivity index (χ0n) is 18.0. The topological polar surface area (TPSA) is 94.1 Å². The molecule has 1 saturated carbocycles. The number of H-pyrrole nitrogens is 1. The fourth-order valence-corrected chi connectivity index (χ4v) is 4.83. The molecule has 3 aliphatic rings. The van der Waals surface area contributed by atoms with Gasteiger partial charge in [-0.2, -0.15) is 0 Å². The molecular formula is C24H25FN4O3. The van der Waals surface area contributed by atoms with E-state index in [0.29, 0.717) is 40.2 Å². The van der Waals surface area contributed by atoms with E-state index in [1.165, 1.54) is 18.2 Å². The van der Waals surface area contributed by atoms with Crippen molar-refractivity contribution in [3.8, 4) is 0 Å². The summed E-state index contributed by atoms with van der Waals surface area (Å²) >= 11 is 0. The summed E-state index contributed by atoms with van der Waals surface area (Å²) in [5.74, 6) is -0.712. The maximum absolute atomic E-state index is 13.7. The van der Waals surface area contributed by atoms with E-state index in [2.05, 4.69) is 15.6 Å². The fourth-order valence-electron chi connectivity index (χ4n) is 4.83. The van der Waals surface area contributed by atoms with Crippen molar-refractivity contribution in [2.75, 3.05) is 18.4 Å². The molecule has 166 valence electrons. The highest BCUT2D eigenvalue weighted by molar-refractivity contribution is 6.34. The zero-order valence-corrected chi connectivity index (χ0v) is 18.0. The predicted octanol–water partition coefficient (Wildman–Crippen LogP) is 3.00. The molecule has 0 spiro atoms. The molecule has 3 amide bonds. The molecule has 2 fully saturated rings. The second-order valence-electron chi connectivity index (χ2n) is 8.87. The normalized spacial score (nSPS) is 22.8. The van der Waals surface area contributed by atoms with Gasteiger partial charge in [0.2, 0.25) is 5.91 Å². The van der Waals surface area contributed by atoms with E-state index in [1.54, 1.807) is 6.08 Å². The number of carbonyl (C=O) groups excluding carboxylic acids is 3. The minimum atomic E-state index is -0.419. The van der Waals surface area contributed by atoms with Crippen LogP contribution in [0.2, 0.25) is 0 Å². The number of aromatic amines is 1. The van der Waals surface area contributed by atoms with Crippen LogP contribution in [0.25, 0.3) is 11.6 Å². The summed E-state index contributed by atoms with van der Waals surface area (Å²) < 4.78 is 13.7. The summed E-state index contributed by atoms with van der Waals surface area (Å²) in [7, 11) is 0. The van der Waals surface area contributed by atoms with Crippen LogP contribution in [-0.2, 0) is 9.59 Å². The molecule has 32 heavy (non-hydrogen) atoms. The molecule has 1 saturated heterocycles. The van der Waals surface area contributed by atoms with Gasteiger partial charge in [0.25, 0.3) is 11.8 Å². The average Bonchev–Trinajstić information content (AvgIpc) is 3.33. The molecule has 0 unspecified atom stereocenters. The predicted molar refractivity (Wildman–Crippen MR) is 118 cm³/mol. The number of amides is 3. The first-order chi connectivity index (χ1) is 15.3. The highest BCUT2D eigenvalue weighted by Crippen LogP contribution is 2.35. The van der Waals surface area contributed by atoms with Gasteiger partial charge in [-0.05, 0) is 62.9 Å². The largest absolute Gasteiger partial charge is 0.358 e. The molecule has 2 atom stereocenters. The van der Waals surface area contributed by atoms with Gasteiger partial charge in [-0.25, -0.2) is 4.39 Å². The maximum Gasteiger partial charge on any atom is 0.256 e. The van der Waals surface area contributed by atoms with E-state index in [0.717, 1.165) is 31.5 Å². The van der Waals surface area contributed by atoms with Crippen molar-refractivity contribution in [1.82, 2.24) is 15.2 Å². The number of aromatic nitrogens is 1. The Balaban J connectivity index is 1.35. The molecule has 3 N–H and O–H groups in total. The van der Waals surface area contributed by atoms with Gasteiger partial charge in [0, 0.05) is 47.7 Å². The molecule has 1 aromatic carbocycles. The number of nitrogens with one attached hydrogen (secondary N) is 3. The van der Waals surface area contributed by atoms with Crippen LogP contribution in [0.5, 0.6) is 0 Å². The van der Waals surface area contributed by atoms with Gasteiger partial charge in [-0.3, -0.25) is 14.4 Å². The second-order valence-corrected chi connectivity index (χ2v) is 8.87. The van der Waals surface area contributed by atoms with E-state index in [4.69, 9.17) is 0 Å². The molecule has 0 radical (unpaired) electrons. The number of anilines is 1. The van der Waals surface area contributed by atoms with Crippen LogP contribution in [0.15, 0.2) is 18.2 Å². The SMILES string of the molecule is Cc1[nH]c(C=C2C(=O)Nc3ccc(F)cc32)c(C)c1C(=O)N[C@@H]1CC[C@H](C(=O)N2CC2)C1. The first-order valence-corrected chi connectivity index (χ1v) is 10.9. The van der Waals surface area contributed by atoms with E-state index < -0.39 is 5.82 Å². The molecule has 8 heteroatoms. The second kappa shape index (κ2) is 7.62. The molecule has 1 aliphatic carbocycles. The van der Waals surface area contributed by atoms with Crippen LogP contribution in [-0.4, -0.2) is 46.7 Å². The number of hydrogen-bond acceptors (Lipinski definition) is 3. The van der Waals surface area contributed by atoms with Gasteiger partial charge in [-0.15, -0.1) is 0 Å².